The molecular formula is C35H34N8O5. The number of ether oxygens (including phenoxy) is 3. The molecule has 5 rings (SSSR count). The Morgan fingerprint density at radius 1 is 0.958 bits per heavy atom. The molecule has 244 valence electrons. The van der Waals surface area contributed by atoms with E-state index in [1.807, 2.05) is 48.5 Å². The summed E-state index contributed by atoms with van der Waals surface area (Å²) in [5.41, 5.74) is 20.5. The lowest BCUT2D eigenvalue weighted by atomic mass is 9.80. The van der Waals surface area contributed by atoms with E-state index >= 15 is 0 Å². The Hall–Kier alpha value is -6.00. The number of aliphatic imine (C=N–C) groups is 1. The van der Waals surface area contributed by atoms with Crippen molar-refractivity contribution in [3.8, 4) is 11.5 Å². The van der Waals surface area contributed by atoms with E-state index in [9.17, 15) is 10.3 Å². The molecule has 0 radical (unpaired) electrons. The van der Waals surface area contributed by atoms with E-state index in [2.05, 4.69) is 25.4 Å². The summed E-state index contributed by atoms with van der Waals surface area (Å²) in [5, 5.41) is 19.8. The van der Waals surface area contributed by atoms with Gasteiger partial charge in [0.15, 0.2) is 11.6 Å². The molecule has 1 aliphatic heterocycles. The zero-order valence-corrected chi connectivity index (χ0v) is 26.3. The molecule has 0 fully saturated rings. The highest BCUT2D eigenvalue weighted by atomic mass is 16.5. The lowest BCUT2D eigenvalue weighted by Crippen LogP contribution is -2.50. The van der Waals surface area contributed by atoms with E-state index in [4.69, 9.17) is 29.8 Å². The highest BCUT2D eigenvalue weighted by molar-refractivity contribution is 6.01. The van der Waals surface area contributed by atoms with Crippen LogP contribution < -0.4 is 14.8 Å². The van der Waals surface area contributed by atoms with Crippen molar-refractivity contribution in [3.63, 3.8) is 0 Å². The molecule has 2 N–H and O–H groups in total. The maximum Gasteiger partial charge on any atom is 0.252 e. The summed E-state index contributed by atoms with van der Waals surface area (Å²) in [7, 11) is 1.59. The van der Waals surface area contributed by atoms with Crippen molar-refractivity contribution < 1.29 is 24.1 Å². The normalized spacial score (nSPS) is 16.5. The Bertz CT molecular complexity index is 1850. The first-order chi connectivity index (χ1) is 23.5. The molecule has 2 atom stereocenters. The number of carbonyl (C=O) groups is 1. The molecule has 0 spiro atoms. The van der Waals surface area contributed by atoms with Crippen molar-refractivity contribution in [2.75, 3.05) is 20.3 Å². The number of aliphatic hydroxyl groups excluding tert-OH is 1. The number of carbonyl (C=O) groups excluding carboxylic acids is 1. The van der Waals surface area contributed by atoms with E-state index in [1.165, 1.54) is 0 Å². The van der Waals surface area contributed by atoms with Crippen LogP contribution in [0.3, 0.4) is 0 Å². The van der Waals surface area contributed by atoms with Crippen molar-refractivity contribution in [2.45, 2.75) is 37.6 Å². The summed E-state index contributed by atoms with van der Waals surface area (Å²) in [6.07, 6.45) is -0.448. The number of methoxy groups -OCH3 is 1. The SMILES string of the molecule is COc1ccc(CNC(=O)[C@]2(Cc3ccccc3N=[N+]=[N-])N=C(c3ccc(OCCCO)cc3)O[C@@H]2c2ccccc2CN=[N+]=[N-])cc1. The van der Waals surface area contributed by atoms with Crippen LogP contribution in [0.15, 0.2) is 112 Å². The second kappa shape index (κ2) is 16.0. The van der Waals surface area contributed by atoms with Crippen molar-refractivity contribution >= 4 is 17.5 Å². The van der Waals surface area contributed by atoms with Crippen LogP contribution in [-0.4, -0.2) is 42.8 Å². The molecule has 0 bridgehead atoms. The van der Waals surface area contributed by atoms with Crippen LogP contribution in [0.2, 0.25) is 0 Å². The van der Waals surface area contributed by atoms with Gasteiger partial charge in [-0.1, -0.05) is 70.9 Å². The molecule has 0 unspecified atom stereocenters. The van der Waals surface area contributed by atoms with Crippen LogP contribution in [0.5, 0.6) is 11.5 Å². The lowest BCUT2D eigenvalue weighted by Gasteiger charge is -2.32. The van der Waals surface area contributed by atoms with Crippen LogP contribution in [-0.2, 0) is 29.0 Å². The number of rotatable bonds is 15. The van der Waals surface area contributed by atoms with Crippen LogP contribution in [0.1, 0.15) is 40.3 Å². The smallest absolute Gasteiger partial charge is 0.252 e. The zero-order chi connectivity index (χ0) is 33.8. The van der Waals surface area contributed by atoms with Crippen molar-refractivity contribution in [2.24, 2.45) is 15.2 Å². The predicted molar refractivity (Wildman–Crippen MR) is 180 cm³/mol. The van der Waals surface area contributed by atoms with Gasteiger partial charge in [-0.3, -0.25) is 4.79 Å². The Kier molecular flexibility index (Phi) is 11.1. The molecule has 1 amide bonds. The first-order valence-electron chi connectivity index (χ1n) is 15.2. The molecule has 0 aromatic heterocycles. The zero-order valence-electron chi connectivity index (χ0n) is 26.3. The van der Waals surface area contributed by atoms with Gasteiger partial charge in [0.05, 0.1) is 20.3 Å². The minimum absolute atomic E-state index is 0.0169. The maximum absolute atomic E-state index is 14.7. The molecule has 4 aromatic carbocycles. The van der Waals surface area contributed by atoms with Crippen LogP contribution in [0, 0.1) is 0 Å². The highest BCUT2D eigenvalue weighted by Crippen LogP contribution is 2.45. The largest absolute Gasteiger partial charge is 0.497 e. The van der Waals surface area contributed by atoms with E-state index in [-0.39, 0.29) is 32.0 Å². The van der Waals surface area contributed by atoms with Gasteiger partial charge in [0.2, 0.25) is 5.90 Å². The van der Waals surface area contributed by atoms with E-state index in [0.29, 0.717) is 52.5 Å². The highest BCUT2D eigenvalue weighted by Gasteiger charge is 2.54. The topological polar surface area (TPSA) is 187 Å². The monoisotopic (exact) mass is 646 g/mol. The number of aliphatic hydroxyl groups is 1. The molecule has 0 saturated carbocycles. The summed E-state index contributed by atoms with van der Waals surface area (Å²) in [6.45, 7) is 0.608. The average Bonchev–Trinajstić information content (AvgIpc) is 3.51. The van der Waals surface area contributed by atoms with Gasteiger partial charge in [0.25, 0.3) is 5.91 Å². The van der Waals surface area contributed by atoms with E-state index < -0.39 is 17.6 Å². The molecule has 13 heteroatoms. The Labute approximate surface area is 277 Å². The van der Waals surface area contributed by atoms with Crippen LogP contribution in [0.4, 0.5) is 5.69 Å². The third kappa shape index (κ3) is 7.68. The third-order valence-electron chi connectivity index (χ3n) is 7.89. The van der Waals surface area contributed by atoms with Gasteiger partial charge in [0, 0.05) is 47.1 Å². The fraction of sp³-hybridized carbons (Fsp3) is 0.257. The van der Waals surface area contributed by atoms with Crippen molar-refractivity contribution in [3.05, 3.63) is 146 Å². The number of hydrogen-bond donors (Lipinski definition) is 2. The number of hydrogen-bond acceptors (Lipinski definition) is 8. The predicted octanol–water partition coefficient (Wildman–Crippen LogP) is 7.02. The lowest BCUT2D eigenvalue weighted by molar-refractivity contribution is -0.129. The molecule has 48 heavy (non-hydrogen) atoms. The van der Waals surface area contributed by atoms with Gasteiger partial charge in [-0.15, -0.1) is 0 Å². The fourth-order valence-corrected chi connectivity index (χ4v) is 5.48. The summed E-state index contributed by atoms with van der Waals surface area (Å²) >= 11 is 0. The van der Waals surface area contributed by atoms with Crippen LogP contribution >= 0.6 is 0 Å². The standard InChI is InChI=1S/C35H34N8O5/c1-46-28-15-11-24(12-16-28)22-38-34(45)35(21-26-7-3-5-10-31(26)41-43-37)32(30-9-4-2-8-27(30)23-39-42-36)48-33(40-35)25-13-17-29(18-14-25)47-20-6-19-44/h2-5,7-18,32,44H,6,19-23H2,1H3,(H,38,45)/t32-,35-/m1/s1. The minimum atomic E-state index is -1.59. The number of azide groups is 2. The molecule has 1 aliphatic rings. The summed E-state index contributed by atoms with van der Waals surface area (Å²) in [6, 6.07) is 28.8. The van der Waals surface area contributed by atoms with Gasteiger partial charge in [-0.05, 0) is 69.7 Å². The quantitative estimate of drug-likeness (QED) is 0.0606. The average molecular weight is 647 g/mol. The van der Waals surface area contributed by atoms with Gasteiger partial charge in [0.1, 0.15) is 11.5 Å². The van der Waals surface area contributed by atoms with E-state index in [0.717, 1.165) is 5.56 Å². The molecule has 13 nitrogen and oxygen atoms in total. The minimum Gasteiger partial charge on any atom is -0.497 e. The second-order valence-electron chi connectivity index (χ2n) is 10.9. The van der Waals surface area contributed by atoms with Gasteiger partial charge in [-0.25, -0.2) is 4.99 Å². The summed E-state index contributed by atoms with van der Waals surface area (Å²) in [4.78, 5) is 25.7. The van der Waals surface area contributed by atoms with E-state index in [1.54, 1.807) is 55.6 Å². The number of nitrogens with one attached hydrogen (secondary N) is 1. The maximum atomic E-state index is 14.7. The third-order valence-corrected chi connectivity index (χ3v) is 7.89. The molecule has 4 aromatic rings. The van der Waals surface area contributed by atoms with Crippen molar-refractivity contribution in [1.82, 2.24) is 5.32 Å². The first-order valence-corrected chi connectivity index (χ1v) is 15.2. The Morgan fingerprint density at radius 3 is 2.38 bits per heavy atom. The number of benzene rings is 4. The second-order valence-corrected chi connectivity index (χ2v) is 10.9. The van der Waals surface area contributed by atoms with Crippen LogP contribution in [0.25, 0.3) is 20.9 Å². The van der Waals surface area contributed by atoms with Gasteiger partial charge in [-0.2, -0.15) is 0 Å². The molecule has 0 aliphatic carbocycles. The Morgan fingerprint density at radius 2 is 1.67 bits per heavy atom. The van der Waals surface area contributed by atoms with Crippen molar-refractivity contribution in [1.29, 1.82) is 0 Å². The van der Waals surface area contributed by atoms with Gasteiger partial charge >= 0.3 is 0 Å². The molecule has 0 saturated heterocycles. The molecular weight excluding hydrogens is 612 g/mol. The first kappa shape index (κ1) is 33.4. The summed E-state index contributed by atoms with van der Waals surface area (Å²) < 4.78 is 17.6. The Balaban J connectivity index is 1.63. The fourth-order valence-electron chi connectivity index (χ4n) is 5.48. The summed E-state index contributed by atoms with van der Waals surface area (Å²) in [5.74, 6) is 1.10. The number of amides is 1. The number of nitrogens with zero attached hydrogens (tertiary/aromatic N) is 7. The van der Waals surface area contributed by atoms with Gasteiger partial charge < -0.3 is 24.6 Å². The molecule has 1 heterocycles.